The van der Waals surface area contributed by atoms with E-state index in [4.69, 9.17) is 9.29 Å². The molecule has 4 rings (SSSR count). The summed E-state index contributed by atoms with van der Waals surface area (Å²) in [7, 11) is -4.79. The fourth-order valence-corrected chi connectivity index (χ4v) is 6.55. The molecule has 1 saturated heterocycles. The molecule has 13 nitrogen and oxygen atoms in total. The molecule has 208 valence electrons. The molecule has 0 saturated carbocycles. The number of fused-ring (bicyclic) bond motifs is 1. The van der Waals surface area contributed by atoms with E-state index in [0.717, 1.165) is 0 Å². The highest BCUT2D eigenvalue weighted by molar-refractivity contribution is 8.03. The number of thioether (sulfide) groups is 1. The number of nitro groups is 1. The van der Waals surface area contributed by atoms with Gasteiger partial charge in [-0.15, -0.1) is 23.1 Å². The number of nitrogens with zero attached hydrogens (tertiary/aromatic N) is 2. The van der Waals surface area contributed by atoms with Crippen LogP contribution in [-0.4, -0.2) is 65.0 Å². The maximum absolute atomic E-state index is 13.1. The third-order valence-electron chi connectivity index (χ3n) is 6.07. The Bertz CT molecular complexity index is 1410. The van der Waals surface area contributed by atoms with Crippen molar-refractivity contribution in [2.75, 3.05) is 12.3 Å². The number of rotatable bonds is 12. The first kappa shape index (κ1) is 28.7. The van der Waals surface area contributed by atoms with Gasteiger partial charge in [-0.05, 0) is 36.1 Å². The number of nitro benzene ring substituents is 1. The molecule has 2 aliphatic heterocycles. The number of carbonyl (C=O) groups is 3. The summed E-state index contributed by atoms with van der Waals surface area (Å²) in [5, 5.41) is 15.4. The molecule has 2 N–H and O–H groups in total. The third kappa shape index (κ3) is 6.65. The van der Waals surface area contributed by atoms with Gasteiger partial charge in [-0.1, -0.05) is 6.07 Å². The first-order valence-electron chi connectivity index (χ1n) is 11.5. The van der Waals surface area contributed by atoms with Crippen LogP contribution in [0.25, 0.3) is 0 Å². The molecule has 1 aromatic carbocycles. The van der Waals surface area contributed by atoms with Gasteiger partial charge in [0.2, 0.25) is 5.91 Å². The monoisotopic (exact) mass is 597 g/mol. The van der Waals surface area contributed by atoms with E-state index in [1.165, 1.54) is 59.2 Å². The molecule has 16 heteroatoms. The minimum atomic E-state index is -4.79. The fraction of sp³-hybridized carbons (Fsp3) is 0.348. The molecule has 0 radical (unpaired) electrons. The lowest BCUT2D eigenvalue weighted by Crippen LogP contribution is -2.62. The predicted molar refractivity (Wildman–Crippen MR) is 140 cm³/mol. The summed E-state index contributed by atoms with van der Waals surface area (Å²) in [5.74, 6) is -2.12. The Hall–Kier alpha value is -3.31. The zero-order chi connectivity index (χ0) is 28.3. The van der Waals surface area contributed by atoms with E-state index in [9.17, 15) is 32.9 Å². The van der Waals surface area contributed by atoms with Gasteiger partial charge < -0.3 is 15.0 Å². The number of β-lactam (4-membered cyclic amide) rings is 1. The second kappa shape index (κ2) is 11.8. The van der Waals surface area contributed by atoms with Gasteiger partial charge in [0.25, 0.3) is 11.6 Å². The van der Waals surface area contributed by atoms with Gasteiger partial charge in [0.1, 0.15) is 12.3 Å². The summed E-state index contributed by atoms with van der Waals surface area (Å²) < 4.78 is 41.3. The van der Waals surface area contributed by atoms with Gasteiger partial charge in [-0.3, -0.25) is 24.3 Å². The molecule has 39 heavy (non-hydrogen) atoms. The van der Waals surface area contributed by atoms with Crippen LogP contribution in [0.1, 0.15) is 28.6 Å². The number of amides is 2. The molecular weight excluding hydrogens is 574 g/mol. The Balaban J connectivity index is 1.45. The quantitative estimate of drug-likeness (QED) is 0.0915. The van der Waals surface area contributed by atoms with E-state index < -0.39 is 45.3 Å². The number of carbonyl (C=O) groups excluding carboxylic acids is 3. The second-order valence-corrected chi connectivity index (χ2v) is 11.8. The van der Waals surface area contributed by atoms with Gasteiger partial charge in [-0.2, -0.15) is 8.42 Å². The van der Waals surface area contributed by atoms with E-state index >= 15 is 0 Å². The number of hydrogen-bond donors (Lipinski definition) is 2. The molecule has 2 amide bonds. The van der Waals surface area contributed by atoms with Crippen molar-refractivity contribution >= 4 is 57.0 Å². The van der Waals surface area contributed by atoms with Crippen molar-refractivity contribution in [3.8, 4) is 0 Å². The molecular formula is C23H23N3O10S3. The van der Waals surface area contributed by atoms with E-state index in [-0.39, 0.29) is 36.9 Å². The van der Waals surface area contributed by atoms with Crippen LogP contribution in [-0.2, 0) is 35.5 Å². The summed E-state index contributed by atoms with van der Waals surface area (Å²) in [6.45, 7) is 1.42. The summed E-state index contributed by atoms with van der Waals surface area (Å²) in [6.07, 6.45) is -0.943. The Morgan fingerprint density at radius 1 is 1.31 bits per heavy atom. The predicted octanol–water partition coefficient (Wildman–Crippen LogP) is 2.51. The van der Waals surface area contributed by atoms with E-state index in [2.05, 4.69) is 9.50 Å². The molecule has 1 fully saturated rings. The number of benzene rings is 1. The molecule has 0 bridgehead atoms. The second-order valence-electron chi connectivity index (χ2n) is 8.59. The Labute approximate surface area is 231 Å². The highest BCUT2D eigenvalue weighted by atomic mass is 32.3. The summed E-state index contributed by atoms with van der Waals surface area (Å²) in [5.41, 5.74) is 0.393. The van der Waals surface area contributed by atoms with Crippen LogP contribution in [0.3, 0.4) is 0 Å². The molecule has 3 heterocycles. The van der Waals surface area contributed by atoms with E-state index in [0.29, 0.717) is 21.1 Å². The van der Waals surface area contributed by atoms with Crippen LogP contribution in [0, 0.1) is 16.0 Å². The van der Waals surface area contributed by atoms with Crippen LogP contribution in [0.15, 0.2) is 52.4 Å². The zero-order valence-corrected chi connectivity index (χ0v) is 22.8. The first-order chi connectivity index (χ1) is 18.5. The molecule has 2 aliphatic rings. The van der Waals surface area contributed by atoms with Gasteiger partial charge >= 0.3 is 16.4 Å². The lowest BCUT2D eigenvalue weighted by atomic mass is 9.83. The summed E-state index contributed by atoms with van der Waals surface area (Å²) in [6, 6.07) is 8.32. The van der Waals surface area contributed by atoms with Crippen LogP contribution in [0.4, 0.5) is 5.69 Å². The number of nitrogens with one attached hydrogen (secondary N) is 1. The topological polar surface area (TPSA) is 182 Å². The van der Waals surface area contributed by atoms with Crippen LogP contribution < -0.4 is 5.32 Å². The van der Waals surface area contributed by atoms with Crippen molar-refractivity contribution in [3.05, 3.63) is 72.9 Å². The minimum Gasteiger partial charge on any atom is -0.456 e. The Morgan fingerprint density at radius 2 is 2.03 bits per heavy atom. The van der Waals surface area contributed by atoms with E-state index in [1.807, 2.05) is 0 Å². The van der Waals surface area contributed by atoms with Gasteiger partial charge in [-0.25, -0.2) is 8.98 Å². The van der Waals surface area contributed by atoms with Crippen molar-refractivity contribution in [2.24, 2.45) is 5.92 Å². The largest absolute Gasteiger partial charge is 0.456 e. The molecule has 0 aliphatic carbocycles. The number of esters is 1. The number of ether oxygens (including phenoxy) is 1. The number of thiophene rings is 1. The molecule has 2 aromatic rings. The molecule has 3 atom stereocenters. The average molecular weight is 598 g/mol. The van der Waals surface area contributed by atoms with E-state index in [1.54, 1.807) is 17.5 Å². The van der Waals surface area contributed by atoms with Crippen molar-refractivity contribution in [1.29, 1.82) is 0 Å². The first-order valence-corrected chi connectivity index (χ1v) is 14.8. The summed E-state index contributed by atoms with van der Waals surface area (Å²) in [4.78, 5) is 50.8. The Kier molecular flexibility index (Phi) is 8.70. The van der Waals surface area contributed by atoms with Crippen molar-refractivity contribution in [3.63, 3.8) is 0 Å². The maximum Gasteiger partial charge on any atom is 0.397 e. The molecule has 1 aromatic heterocycles. The maximum atomic E-state index is 13.1. The van der Waals surface area contributed by atoms with Crippen LogP contribution in [0.5, 0.6) is 0 Å². The fourth-order valence-electron chi connectivity index (χ4n) is 4.35. The standard InChI is InChI=1S/C23H23N3O10S3/c1-13(36-39(32,33)34)19-16-11-18(38-10-8-24-21(27)17-3-2-9-37-17)20(25(16)22(19)28)23(29)35-12-14-4-6-15(7-5-14)26(30)31/h2-7,9,13,16,19H,8,10-12H2,1H3,(H,24,27)(H,32,33,34)/t13-,16+,19-/m0/s1. The smallest absolute Gasteiger partial charge is 0.397 e. The van der Waals surface area contributed by atoms with Gasteiger partial charge in [0.15, 0.2) is 0 Å². The highest BCUT2D eigenvalue weighted by Gasteiger charge is 2.58. The van der Waals surface area contributed by atoms with Crippen molar-refractivity contribution < 1.29 is 41.2 Å². The van der Waals surface area contributed by atoms with Crippen molar-refractivity contribution in [2.45, 2.75) is 32.1 Å². The van der Waals surface area contributed by atoms with Crippen LogP contribution in [0.2, 0.25) is 0 Å². The Morgan fingerprint density at radius 3 is 2.64 bits per heavy atom. The number of hydrogen-bond acceptors (Lipinski definition) is 11. The van der Waals surface area contributed by atoms with Gasteiger partial charge in [0, 0.05) is 35.8 Å². The van der Waals surface area contributed by atoms with Crippen LogP contribution >= 0.6 is 23.1 Å². The molecule has 0 spiro atoms. The summed E-state index contributed by atoms with van der Waals surface area (Å²) >= 11 is 2.55. The SMILES string of the molecule is C[C@H](OS(=O)(=O)O)[C@@H]1C(=O)N2C(C(=O)OCc3ccc([N+](=O)[O-])cc3)=C(SCCNC(=O)c3cccs3)C[C@H]12. The third-order valence-corrected chi connectivity index (χ3v) is 8.60. The lowest BCUT2D eigenvalue weighted by Gasteiger charge is -2.45. The zero-order valence-electron chi connectivity index (χ0n) is 20.3. The number of non-ortho nitro benzene ring substituents is 1. The van der Waals surface area contributed by atoms with Gasteiger partial charge in [0.05, 0.1) is 27.9 Å². The average Bonchev–Trinajstić information content (AvgIpc) is 3.51. The normalized spacial score (nSPS) is 19.3. The highest BCUT2D eigenvalue weighted by Crippen LogP contribution is 2.48. The van der Waals surface area contributed by atoms with Crippen molar-refractivity contribution in [1.82, 2.24) is 10.2 Å². The molecule has 0 unspecified atom stereocenters. The lowest BCUT2D eigenvalue weighted by molar-refractivity contribution is -0.384. The minimum absolute atomic E-state index is 0.0109.